The predicted octanol–water partition coefficient (Wildman–Crippen LogP) is 3.54. The summed E-state index contributed by atoms with van der Waals surface area (Å²) in [5.74, 6) is 0.543. The van der Waals surface area contributed by atoms with Crippen LogP contribution < -0.4 is 5.32 Å². The minimum atomic E-state index is -0.194. The van der Waals surface area contributed by atoms with Gasteiger partial charge in [-0.05, 0) is 67.2 Å². The van der Waals surface area contributed by atoms with Gasteiger partial charge < -0.3 is 10.4 Å². The topological polar surface area (TPSA) is 32.3 Å². The molecule has 0 amide bonds. The van der Waals surface area contributed by atoms with E-state index in [-0.39, 0.29) is 5.82 Å². The molecule has 0 bridgehead atoms. The Labute approximate surface area is 125 Å². The lowest BCUT2D eigenvalue weighted by Gasteiger charge is -2.18. The molecule has 1 atom stereocenters. The van der Waals surface area contributed by atoms with Crippen LogP contribution in [-0.2, 0) is 12.8 Å². The average molecular weight is 287 g/mol. The highest BCUT2D eigenvalue weighted by molar-refractivity contribution is 5.26. The van der Waals surface area contributed by atoms with Crippen LogP contribution in [0.2, 0.25) is 0 Å². The molecule has 0 heterocycles. The summed E-state index contributed by atoms with van der Waals surface area (Å²) in [5, 5.41) is 12.7. The van der Waals surface area contributed by atoms with Gasteiger partial charge in [-0.2, -0.15) is 0 Å². The summed E-state index contributed by atoms with van der Waals surface area (Å²) in [4.78, 5) is 0. The molecule has 0 saturated heterocycles. The number of halogens is 1. The normalized spacial score (nSPS) is 12.3. The van der Waals surface area contributed by atoms with E-state index in [9.17, 15) is 9.50 Å². The number of phenolic OH excluding ortho intramolecular Hbond substituents is 1. The van der Waals surface area contributed by atoms with Gasteiger partial charge in [0.1, 0.15) is 11.6 Å². The van der Waals surface area contributed by atoms with Crippen molar-refractivity contribution in [3.63, 3.8) is 0 Å². The summed E-state index contributed by atoms with van der Waals surface area (Å²) < 4.78 is 13.0. The first-order valence-corrected chi connectivity index (χ1v) is 7.40. The molecule has 0 aliphatic rings. The van der Waals surface area contributed by atoms with E-state index in [0.29, 0.717) is 11.7 Å². The van der Waals surface area contributed by atoms with Crippen LogP contribution in [0.25, 0.3) is 0 Å². The second-order valence-electron chi connectivity index (χ2n) is 5.37. The van der Waals surface area contributed by atoms with Crippen molar-refractivity contribution in [1.29, 1.82) is 0 Å². The second-order valence-corrected chi connectivity index (χ2v) is 5.37. The fourth-order valence-corrected chi connectivity index (χ4v) is 2.48. The number of hydrogen-bond acceptors (Lipinski definition) is 2. The Morgan fingerprint density at radius 3 is 2.00 bits per heavy atom. The Morgan fingerprint density at radius 1 is 0.952 bits per heavy atom. The molecule has 21 heavy (non-hydrogen) atoms. The molecule has 0 radical (unpaired) electrons. The molecular formula is C18H22FNO. The van der Waals surface area contributed by atoms with Gasteiger partial charge in [0.25, 0.3) is 0 Å². The summed E-state index contributed by atoms with van der Waals surface area (Å²) in [6, 6.07) is 14.1. The van der Waals surface area contributed by atoms with Crippen molar-refractivity contribution < 1.29 is 9.50 Å². The summed E-state index contributed by atoms with van der Waals surface area (Å²) in [5.41, 5.74) is 2.36. The van der Waals surface area contributed by atoms with Crippen molar-refractivity contribution >= 4 is 0 Å². The molecule has 0 aromatic heterocycles. The van der Waals surface area contributed by atoms with E-state index in [1.54, 1.807) is 12.1 Å². The van der Waals surface area contributed by atoms with E-state index in [1.807, 2.05) is 24.3 Å². The maximum Gasteiger partial charge on any atom is 0.123 e. The fraction of sp³-hybridized carbons (Fsp3) is 0.333. The van der Waals surface area contributed by atoms with E-state index in [2.05, 4.69) is 12.2 Å². The standard InChI is InChI=1S/C18H22FNO/c1-2-20-13-16(11-14-3-7-17(19)8-4-14)12-15-5-9-18(21)10-6-15/h3-10,16,20-21H,2,11-13H2,1H3. The van der Waals surface area contributed by atoms with E-state index in [4.69, 9.17) is 0 Å². The first-order chi connectivity index (χ1) is 10.2. The quantitative estimate of drug-likeness (QED) is 0.816. The lowest BCUT2D eigenvalue weighted by Crippen LogP contribution is -2.25. The van der Waals surface area contributed by atoms with Gasteiger partial charge in [0, 0.05) is 0 Å². The van der Waals surface area contributed by atoms with Crippen LogP contribution in [0.3, 0.4) is 0 Å². The molecular weight excluding hydrogens is 265 g/mol. The molecule has 0 aliphatic carbocycles. The largest absolute Gasteiger partial charge is 0.508 e. The van der Waals surface area contributed by atoms with Crippen LogP contribution in [-0.4, -0.2) is 18.2 Å². The lowest BCUT2D eigenvalue weighted by atomic mass is 9.92. The zero-order valence-corrected chi connectivity index (χ0v) is 12.3. The molecule has 1 unspecified atom stereocenters. The molecule has 0 fully saturated rings. The number of phenols is 1. The van der Waals surface area contributed by atoms with Crippen LogP contribution in [0.1, 0.15) is 18.1 Å². The zero-order chi connectivity index (χ0) is 15.1. The van der Waals surface area contributed by atoms with Crippen LogP contribution in [0.4, 0.5) is 4.39 Å². The predicted molar refractivity (Wildman–Crippen MR) is 83.9 cm³/mol. The fourth-order valence-electron chi connectivity index (χ4n) is 2.48. The van der Waals surface area contributed by atoms with Crippen LogP contribution in [0.5, 0.6) is 5.75 Å². The third-order valence-electron chi connectivity index (χ3n) is 3.58. The molecule has 2 nitrogen and oxygen atoms in total. The number of nitrogens with one attached hydrogen (secondary N) is 1. The number of aromatic hydroxyl groups is 1. The van der Waals surface area contributed by atoms with Gasteiger partial charge in [-0.15, -0.1) is 0 Å². The van der Waals surface area contributed by atoms with Gasteiger partial charge in [-0.3, -0.25) is 0 Å². The second kappa shape index (κ2) is 7.79. The van der Waals surface area contributed by atoms with Crippen molar-refractivity contribution in [3.05, 3.63) is 65.5 Å². The highest BCUT2D eigenvalue weighted by Crippen LogP contribution is 2.17. The van der Waals surface area contributed by atoms with E-state index < -0.39 is 0 Å². The Kier molecular flexibility index (Phi) is 5.76. The highest BCUT2D eigenvalue weighted by atomic mass is 19.1. The first-order valence-electron chi connectivity index (χ1n) is 7.40. The Hall–Kier alpha value is -1.87. The molecule has 2 aromatic rings. The lowest BCUT2D eigenvalue weighted by molar-refractivity contribution is 0.470. The van der Waals surface area contributed by atoms with Gasteiger partial charge in [0.05, 0.1) is 0 Å². The van der Waals surface area contributed by atoms with Crippen LogP contribution in [0, 0.1) is 11.7 Å². The summed E-state index contributed by atoms with van der Waals surface area (Å²) in [6.07, 6.45) is 1.85. The molecule has 2 rings (SSSR count). The smallest absolute Gasteiger partial charge is 0.123 e. The molecule has 2 aromatic carbocycles. The van der Waals surface area contributed by atoms with Crippen molar-refractivity contribution in [1.82, 2.24) is 5.32 Å². The van der Waals surface area contributed by atoms with E-state index in [1.165, 1.54) is 17.7 Å². The molecule has 2 N–H and O–H groups in total. The van der Waals surface area contributed by atoms with Gasteiger partial charge >= 0.3 is 0 Å². The van der Waals surface area contributed by atoms with Gasteiger partial charge in [-0.1, -0.05) is 31.2 Å². The van der Waals surface area contributed by atoms with Crippen molar-refractivity contribution in [2.24, 2.45) is 5.92 Å². The van der Waals surface area contributed by atoms with E-state index >= 15 is 0 Å². The molecule has 0 aliphatic heterocycles. The van der Waals surface area contributed by atoms with Gasteiger partial charge in [-0.25, -0.2) is 4.39 Å². The summed E-state index contributed by atoms with van der Waals surface area (Å²) in [7, 11) is 0. The highest BCUT2D eigenvalue weighted by Gasteiger charge is 2.11. The maximum absolute atomic E-state index is 13.0. The Balaban J connectivity index is 2.02. The summed E-state index contributed by atoms with van der Waals surface area (Å²) >= 11 is 0. The molecule has 112 valence electrons. The van der Waals surface area contributed by atoms with Gasteiger partial charge in [0.15, 0.2) is 0 Å². The summed E-state index contributed by atoms with van der Waals surface area (Å²) in [6.45, 7) is 3.96. The maximum atomic E-state index is 13.0. The van der Waals surface area contributed by atoms with Crippen molar-refractivity contribution in [3.8, 4) is 5.75 Å². The molecule has 0 saturated carbocycles. The first kappa shape index (κ1) is 15.5. The zero-order valence-electron chi connectivity index (χ0n) is 12.3. The SMILES string of the molecule is CCNCC(Cc1ccc(O)cc1)Cc1ccc(F)cc1. The number of rotatable bonds is 7. The number of benzene rings is 2. The minimum Gasteiger partial charge on any atom is -0.508 e. The molecule has 0 spiro atoms. The molecule has 3 heteroatoms. The monoisotopic (exact) mass is 287 g/mol. The third kappa shape index (κ3) is 5.20. The van der Waals surface area contributed by atoms with E-state index in [0.717, 1.165) is 31.5 Å². The van der Waals surface area contributed by atoms with Gasteiger partial charge in [0.2, 0.25) is 0 Å². The van der Waals surface area contributed by atoms with Crippen molar-refractivity contribution in [2.75, 3.05) is 13.1 Å². The number of hydrogen-bond donors (Lipinski definition) is 2. The average Bonchev–Trinajstić information content (AvgIpc) is 2.49. The van der Waals surface area contributed by atoms with Crippen LogP contribution >= 0.6 is 0 Å². The third-order valence-corrected chi connectivity index (χ3v) is 3.58. The Bertz CT molecular complexity index is 489. The van der Waals surface area contributed by atoms with Crippen LogP contribution in [0.15, 0.2) is 48.5 Å². The Morgan fingerprint density at radius 2 is 1.48 bits per heavy atom. The minimum absolute atomic E-state index is 0.194. The van der Waals surface area contributed by atoms with Crippen molar-refractivity contribution in [2.45, 2.75) is 19.8 Å².